The topological polar surface area (TPSA) is 18.5 Å². The summed E-state index contributed by atoms with van der Waals surface area (Å²) >= 11 is 0. The molecule has 0 amide bonds. The van der Waals surface area contributed by atoms with E-state index in [1.165, 1.54) is 45.6 Å². The molecule has 0 spiro atoms. The van der Waals surface area contributed by atoms with Gasteiger partial charge in [0.15, 0.2) is 0 Å². The van der Waals surface area contributed by atoms with Crippen LogP contribution in [0.1, 0.15) is 40.5 Å². The van der Waals surface area contributed by atoms with Crippen molar-refractivity contribution >= 4 is 0 Å². The van der Waals surface area contributed by atoms with Gasteiger partial charge in [-0.05, 0) is 31.8 Å². The lowest BCUT2D eigenvalue weighted by Gasteiger charge is -2.39. The maximum absolute atomic E-state index is 3.61. The molecule has 1 N–H and O–H groups in total. The Kier molecular flexibility index (Phi) is 7.87. The van der Waals surface area contributed by atoms with E-state index in [0.717, 1.165) is 25.0 Å². The average molecular weight is 255 g/mol. The van der Waals surface area contributed by atoms with Crippen molar-refractivity contribution in [3.8, 4) is 0 Å². The minimum absolute atomic E-state index is 0.729. The van der Waals surface area contributed by atoms with Crippen LogP contribution in [0.5, 0.6) is 0 Å². The summed E-state index contributed by atoms with van der Waals surface area (Å²) < 4.78 is 0. The summed E-state index contributed by atoms with van der Waals surface area (Å²) in [7, 11) is 0. The quantitative estimate of drug-likeness (QED) is 0.716. The van der Waals surface area contributed by atoms with Crippen LogP contribution in [0.25, 0.3) is 0 Å². The first-order valence-corrected chi connectivity index (χ1v) is 7.84. The molecule has 18 heavy (non-hydrogen) atoms. The van der Waals surface area contributed by atoms with Gasteiger partial charge in [-0.1, -0.05) is 27.7 Å². The van der Waals surface area contributed by atoms with Crippen LogP contribution in [-0.4, -0.2) is 61.7 Å². The van der Waals surface area contributed by atoms with Crippen LogP contribution in [-0.2, 0) is 0 Å². The molecule has 1 rings (SSSR count). The molecule has 0 saturated carbocycles. The molecule has 1 atom stereocenters. The zero-order chi connectivity index (χ0) is 13.4. The molecule has 1 aliphatic heterocycles. The molecule has 0 aliphatic carbocycles. The summed E-state index contributed by atoms with van der Waals surface area (Å²) in [5.41, 5.74) is 0. The molecule has 1 saturated heterocycles. The Morgan fingerprint density at radius 2 is 1.67 bits per heavy atom. The highest BCUT2D eigenvalue weighted by molar-refractivity contribution is 4.79. The smallest absolute Gasteiger partial charge is 0.0219 e. The van der Waals surface area contributed by atoms with Crippen LogP contribution < -0.4 is 5.32 Å². The number of nitrogens with zero attached hydrogens (tertiary/aromatic N) is 2. The fraction of sp³-hybridized carbons (Fsp3) is 1.00. The van der Waals surface area contributed by atoms with Crippen LogP contribution in [0, 0.1) is 5.92 Å². The van der Waals surface area contributed by atoms with Gasteiger partial charge in [-0.25, -0.2) is 0 Å². The molecule has 1 fully saturated rings. The molecule has 3 nitrogen and oxygen atoms in total. The molecule has 0 bridgehead atoms. The van der Waals surface area contributed by atoms with Crippen molar-refractivity contribution < 1.29 is 0 Å². The first kappa shape index (κ1) is 15.9. The third kappa shape index (κ3) is 5.68. The number of hydrogen-bond acceptors (Lipinski definition) is 3. The van der Waals surface area contributed by atoms with Crippen LogP contribution in [0.15, 0.2) is 0 Å². The number of hydrogen-bond donors (Lipinski definition) is 1. The molecule has 3 heteroatoms. The molecule has 1 unspecified atom stereocenters. The first-order valence-electron chi connectivity index (χ1n) is 7.84. The summed E-state index contributed by atoms with van der Waals surface area (Å²) in [6, 6.07) is 0.729. The second-order valence-corrected chi connectivity index (χ2v) is 5.99. The Labute approximate surface area is 114 Å². The fourth-order valence-electron chi connectivity index (χ4n) is 2.74. The van der Waals surface area contributed by atoms with Crippen molar-refractivity contribution in [2.75, 3.05) is 45.8 Å². The maximum Gasteiger partial charge on any atom is 0.0219 e. The van der Waals surface area contributed by atoms with Crippen molar-refractivity contribution in [3.63, 3.8) is 0 Å². The molecule has 108 valence electrons. The Morgan fingerprint density at radius 1 is 1.00 bits per heavy atom. The van der Waals surface area contributed by atoms with Gasteiger partial charge in [0, 0.05) is 38.8 Å². The Bertz CT molecular complexity index is 198. The van der Waals surface area contributed by atoms with Crippen molar-refractivity contribution in [1.29, 1.82) is 0 Å². The predicted molar refractivity (Wildman–Crippen MR) is 80.1 cm³/mol. The largest absolute Gasteiger partial charge is 0.315 e. The van der Waals surface area contributed by atoms with E-state index >= 15 is 0 Å². The Morgan fingerprint density at radius 3 is 2.17 bits per heavy atom. The zero-order valence-corrected chi connectivity index (χ0v) is 12.9. The second-order valence-electron chi connectivity index (χ2n) is 5.99. The normalized spacial score (nSPS) is 20.5. The monoisotopic (exact) mass is 255 g/mol. The highest BCUT2D eigenvalue weighted by atomic mass is 15.3. The van der Waals surface area contributed by atoms with Gasteiger partial charge in [0.25, 0.3) is 0 Å². The van der Waals surface area contributed by atoms with E-state index in [0.29, 0.717) is 0 Å². The van der Waals surface area contributed by atoms with Gasteiger partial charge in [-0.15, -0.1) is 0 Å². The standard InChI is InChI=1S/C15H33N3/c1-5-7-17-8-10-18(11-9-17)15(6-2)13-16-12-14(3)4/h14-16H,5-13H2,1-4H3. The lowest BCUT2D eigenvalue weighted by molar-refractivity contribution is 0.0931. The summed E-state index contributed by atoms with van der Waals surface area (Å²) in [5.74, 6) is 0.754. The summed E-state index contributed by atoms with van der Waals surface area (Å²) in [6.45, 7) is 17.7. The molecule has 0 aromatic rings. The van der Waals surface area contributed by atoms with E-state index in [4.69, 9.17) is 0 Å². The molecule has 0 aromatic carbocycles. The number of nitrogens with one attached hydrogen (secondary N) is 1. The van der Waals surface area contributed by atoms with Crippen LogP contribution >= 0.6 is 0 Å². The molecular formula is C15H33N3. The molecule has 0 aromatic heterocycles. The first-order chi connectivity index (χ1) is 8.67. The third-order valence-corrected chi connectivity index (χ3v) is 3.87. The number of piperazine rings is 1. The van der Waals surface area contributed by atoms with E-state index in [2.05, 4.69) is 42.8 Å². The highest BCUT2D eigenvalue weighted by Crippen LogP contribution is 2.09. The zero-order valence-electron chi connectivity index (χ0n) is 12.9. The second kappa shape index (κ2) is 8.89. The van der Waals surface area contributed by atoms with Crippen molar-refractivity contribution in [1.82, 2.24) is 15.1 Å². The minimum atomic E-state index is 0.729. The van der Waals surface area contributed by atoms with Crippen LogP contribution in [0.4, 0.5) is 0 Å². The lowest BCUT2D eigenvalue weighted by Crippen LogP contribution is -2.52. The molecule has 1 heterocycles. The summed E-state index contributed by atoms with van der Waals surface area (Å²) in [4.78, 5) is 5.28. The van der Waals surface area contributed by atoms with Gasteiger partial charge in [0.1, 0.15) is 0 Å². The van der Waals surface area contributed by atoms with Gasteiger partial charge in [0.05, 0.1) is 0 Å². The van der Waals surface area contributed by atoms with E-state index in [-0.39, 0.29) is 0 Å². The number of rotatable bonds is 8. The summed E-state index contributed by atoms with van der Waals surface area (Å²) in [6.07, 6.45) is 2.55. The van der Waals surface area contributed by atoms with E-state index < -0.39 is 0 Å². The van der Waals surface area contributed by atoms with E-state index in [9.17, 15) is 0 Å². The van der Waals surface area contributed by atoms with E-state index in [1.807, 2.05) is 0 Å². The van der Waals surface area contributed by atoms with Crippen LogP contribution in [0.3, 0.4) is 0 Å². The van der Waals surface area contributed by atoms with Gasteiger partial charge in [-0.3, -0.25) is 4.90 Å². The highest BCUT2D eigenvalue weighted by Gasteiger charge is 2.21. The fourth-order valence-corrected chi connectivity index (χ4v) is 2.74. The predicted octanol–water partition coefficient (Wildman–Crippen LogP) is 2.04. The Hall–Kier alpha value is -0.120. The summed E-state index contributed by atoms with van der Waals surface area (Å²) in [5, 5.41) is 3.61. The van der Waals surface area contributed by atoms with Crippen molar-refractivity contribution in [3.05, 3.63) is 0 Å². The Balaban J connectivity index is 2.25. The molecule has 0 radical (unpaired) electrons. The van der Waals surface area contributed by atoms with E-state index in [1.54, 1.807) is 0 Å². The molecular weight excluding hydrogens is 222 g/mol. The van der Waals surface area contributed by atoms with Gasteiger partial charge >= 0.3 is 0 Å². The van der Waals surface area contributed by atoms with Gasteiger partial charge < -0.3 is 10.2 Å². The lowest BCUT2D eigenvalue weighted by atomic mass is 10.1. The van der Waals surface area contributed by atoms with Crippen molar-refractivity contribution in [2.45, 2.75) is 46.6 Å². The van der Waals surface area contributed by atoms with Gasteiger partial charge in [0.2, 0.25) is 0 Å². The minimum Gasteiger partial charge on any atom is -0.315 e. The SMILES string of the molecule is CCCN1CCN(C(CC)CNCC(C)C)CC1. The third-order valence-electron chi connectivity index (χ3n) is 3.87. The maximum atomic E-state index is 3.61. The van der Waals surface area contributed by atoms with Crippen LogP contribution in [0.2, 0.25) is 0 Å². The van der Waals surface area contributed by atoms with Gasteiger partial charge in [-0.2, -0.15) is 0 Å². The van der Waals surface area contributed by atoms with Crippen molar-refractivity contribution in [2.24, 2.45) is 5.92 Å². The molecule has 1 aliphatic rings. The average Bonchev–Trinajstić information content (AvgIpc) is 2.36.